The first-order valence-corrected chi connectivity index (χ1v) is 10.1. The molecule has 1 N–H and O–H groups in total. The SMILES string of the molecule is Cc1ccc(C(=O)CC2CC2)cc1NC(=O)c1ccc(-c2cccc(F)c2)s1. The van der Waals surface area contributed by atoms with Gasteiger partial charge < -0.3 is 5.32 Å². The third-order valence-electron chi connectivity index (χ3n) is 4.92. The normalized spacial score (nSPS) is 13.4. The summed E-state index contributed by atoms with van der Waals surface area (Å²) in [4.78, 5) is 26.4. The van der Waals surface area contributed by atoms with E-state index in [-0.39, 0.29) is 17.5 Å². The number of hydrogen-bond donors (Lipinski definition) is 1. The first-order chi connectivity index (χ1) is 13.5. The highest BCUT2D eigenvalue weighted by atomic mass is 32.1. The number of Topliss-reactive ketones (excluding diaryl/α,β-unsaturated/α-hetero) is 1. The molecule has 3 aromatic rings. The van der Waals surface area contributed by atoms with E-state index in [1.807, 2.05) is 31.2 Å². The first kappa shape index (κ1) is 18.6. The van der Waals surface area contributed by atoms with Gasteiger partial charge in [-0.3, -0.25) is 9.59 Å². The summed E-state index contributed by atoms with van der Waals surface area (Å²) in [5.41, 5.74) is 2.93. The first-order valence-electron chi connectivity index (χ1n) is 9.30. The number of ketones is 1. The van der Waals surface area contributed by atoms with E-state index < -0.39 is 0 Å². The predicted octanol–water partition coefficient (Wildman–Crippen LogP) is 6.10. The van der Waals surface area contributed by atoms with Crippen LogP contribution in [0.15, 0.2) is 54.6 Å². The van der Waals surface area contributed by atoms with Crippen LogP contribution >= 0.6 is 11.3 Å². The fraction of sp³-hybridized carbons (Fsp3) is 0.217. The largest absolute Gasteiger partial charge is 0.321 e. The lowest BCUT2D eigenvalue weighted by atomic mass is 10.0. The summed E-state index contributed by atoms with van der Waals surface area (Å²) in [6, 6.07) is 15.3. The predicted molar refractivity (Wildman–Crippen MR) is 111 cm³/mol. The third-order valence-corrected chi connectivity index (χ3v) is 6.05. The van der Waals surface area contributed by atoms with Crippen LogP contribution in [0.25, 0.3) is 10.4 Å². The Kier molecular flexibility index (Phi) is 5.09. The van der Waals surface area contributed by atoms with Gasteiger partial charge in [0.2, 0.25) is 0 Å². The van der Waals surface area contributed by atoms with E-state index in [0.29, 0.717) is 28.5 Å². The molecule has 3 nitrogen and oxygen atoms in total. The van der Waals surface area contributed by atoms with Gasteiger partial charge in [-0.2, -0.15) is 0 Å². The van der Waals surface area contributed by atoms with Crippen LogP contribution in [0.3, 0.4) is 0 Å². The van der Waals surface area contributed by atoms with Gasteiger partial charge in [0.1, 0.15) is 5.82 Å². The number of hydrogen-bond acceptors (Lipinski definition) is 3. The summed E-state index contributed by atoms with van der Waals surface area (Å²) in [5, 5.41) is 2.91. The lowest BCUT2D eigenvalue weighted by Gasteiger charge is -2.10. The number of rotatable bonds is 6. The monoisotopic (exact) mass is 393 g/mol. The molecule has 2 aromatic carbocycles. The second kappa shape index (κ2) is 7.68. The number of carbonyl (C=O) groups excluding carboxylic acids is 2. The van der Waals surface area contributed by atoms with Crippen molar-refractivity contribution in [3.05, 3.63) is 76.4 Å². The fourth-order valence-corrected chi connectivity index (χ4v) is 3.97. The van der Waals surface area contributed by atoms with Crippen LogP contribution < -0.4 is 5.32 Å². The zero-order chi connectivity index (χ0) is 19.7. The van der Waals surface area contributed by atoms with E-state index in [2.05, 4.69) is 5.32 Å². The minimum atomic E-state index is -0.305. The van der Waals surface area contributed by atoms with Gasteiger partial charge in [-0.15, -0.1) is 11.3 Å². The summed E-state index contributed by atoms with van der Waals surface area (Å²) in [6.07, 6.45) is 2.85. The molecule has 1 amide bonds. The Morgan fingerprint density at radius 3 is 2.68 bits per heavy atom. The summed E-state index contributed by atoms with van der Waals surface area (Å²) >= 11 is 1.31. The number of aryl methyl sites for hydroxylation is 1. The maximum absolute atomic E-state index is 13.4. The molecule has 1 heterocycles. The van der Waals surface area contributed by atoms with Gasteiger partial charge >= 0.3 is 0 Å². The van der Waals surface area contributed by atoms with Gasteiger partial charge in [-0.1, -0.05) is 24.3 Å². The standard InChI is InChI=1S/C23H20FNO2S/c1-14-5-8-16(20(26)11-15-6-7-15)13-19(14)25-23(27)22-10-9-21(28-22)17-3-2-4-18(24)12-17/h2-5,8-10,12-13,15H,6-7,11H2,1H3,(H,25,27). The number of carbonyl (C=O) groups is 2. The van der Waals surface area contributed by atoms with Gasteiger partial charge in [0.05, 0.1) is 4.88 Å². The molecule has 1 aliphatic carbocycles. The summed E-state index contributed by atoms with van der Waals surface area (Å²) in [6.45, 7) is 1.90. The molecule has 1 aromatic heterocycles. The molecule has 1 fully saturated rings. The van der Waals surface area contributed by atoms with Gasteiger partial charge in [0.25, 0.3) is 5.91 Å². The van der Waals surface area contributed by atoms with Gasteiger partial charge in [-0.05, 0) is 67.1 Å². The molecule has 0 radical (unpaired) electrons. The van der Waals surface area contributed by atoms with E-state index in [1.165, 1.54) is 23.5 Å². The lowest BCUT2D eigenvalue weighted by Crippen LogP contribution is -2.12. The number of thiophene rings is 1. The maximum Gasteiger partial charge on any atom is 0.265 e. The second-order valence-corrected chi connectivity index (χ2v) is 8.31. The molecule has 142 valence electrons. The van der Waals surface area contributed by atoms with Crippen molar-refractivity contribution in [2.24, 2.45) is 5.92 Å². The maximum atomic E-state index is 13.4. The molecule has 1 aliphatic rings. The molecule has 5 heteroatoms. The third kappa shape index (κ3) is 4.20. The Hall–Kier alpha value is -2.79. The average molecular weight is 393 g/mol. The zero-order valence-electron chi connectivity index (χ0n) is 15.5. The zero-order valence-corrected chi connectivity index (χ0v) is 16.3. The Bertz CT molecular complexity index is 1050. The van der Waals surface area contributed by atoms with Crippen molar-refractivity contribution in [3.63, 3.8) is 0 Å². The molecular weight excluding hydrogens is 373 g/mol. The molecule has 0 spiro atoms. The number of anilines is 1. The van der Waals surface area contributed by atoms with Gasteiger partial charge in [0.15, 0.2) is 5.78 Å². The molecule has 0 bridgehead atoms. The van der Waals surface area contributed by atoms with E-state index in [4.69, 9.17) is 0 Å². The Labute approximate surface area is 167 Å². The quantitative estimate of drug-likeness (QED) is 0.515. The van der Waals surface area contributed by atoms with Crippen molar-refractivity contribution in [1.82, 2.24) is 0 Å². The van der Waals surface area contributed by atoms with Crippen LogP contribution in [0.2, 0.25) is 0 Å². The van der Waals surface area contributed by atoms with Crippen LogP contribution in [0.1, 0.15) is 44.9 Å². The van der Waals surface area contributed by atoms with Crippen molar-refractivity contribution in [2.45, 2.75) is 26.2 Å². The topological polar surface area (TPSA) is 46.2 Å². The van der Waals surface area contributed by atoms with Crippen molar-refractivity contribution in [1.29, 1.82) is 0 Å². The van der Waals surface area contributed by atoms with Gasteiger partial charge in [-0.25, -0.2) is 4.39 Å². The van der Waals surface area contributed by atoms with Gasteiger partial charge in [0, 0.05) is 22.5 Å². The van der Waals surface area contributed by atoms with E-state index in [9.17, 15) is 14.0 Å². The Balaban J connectivity index is 1.51. The van der Waals surface area contributed by atoms with Crippen LogP contribution in [-0.2, 0) is 0 Å². The Morgan fingerprint density at radius 1 is 1.11 bits per heavy atom. The summed E-state index contributed by atoms with van der Waals surface area (Å²) in [7, 11) is 0. The molecule has 0 saturated heterocycles. The molecule has 0 unspecified atom stereocenters. The highest BCUT2D eigenvalue weighted by molar-refractivity contribution is 7.17. The van der Waals surface area contributed by atoms with E-state index >= 15 is 0 Å². The Morgan fingerprint density at radius 2 is 1.93 bits per heavy atom. The van der Waals surface area contributed by atoms with Crippen molar-refractivity contribution < 1.29 is 14.0 Å². The fourth-order valence-electron chi connectivity index (χ4n) is 3.07. The molecule has 0 atom stereocenters. The van der Waals surface area contributed by atoms with Crippen LogP contribution in [0, 0.1) is 18.7 Å². The molecule has 28 heavy (non-hydrogen) atoms. The van der Waals surface area contributed by atoms with Crippen molar-refractivity contribution in [3.8, 4) is 10.4 Å². The van der Waals surface area contributed by atoms with E-state index in [0.717, 1.165) is 28.8 Å². The van der Waals surface area contributed by atoms with Crippen molar-refractivity contribution >= 4 is 28.7 Å². The highest BCUT2D eigenvalue weighted by Crippen LogP contribution is 2.34. The summed E-state index contributed by atoms with van der Waals surface area (Å²) < 4.78 is 13.4. The smallest absolute Gasteiger partial charge is 0.265 e. The van der Waals surface area contributed by atoms with Crippen molar-refractivity contribution in [2.75, 3.05) is 5.32 Å². The highest BCUT2D eigenvalue weighted by Gasteiger charge is 2.25. The number of benzene rings is 2. The second-order valence-electron chi connectivity index (χ2n) is 7.23. The van der Waals surface area contributed by atoms with Crippen LogP contribution in [0.4, 0.5) is 10.1 Å². The minimum absolute atomic E-state index is 0.127. The van der Waals surface area contributed by atoms with E-state index in [1.54, 1.807) is 18.2 Å². The van der Waals surface area contributed by atoms with Crippen LogP contribution in [0.5, 0.6) is 0 Å². The minimum Gasteiger partial charge on any atom is -0.321 e. The number of nitrogens with one attached hydrogen (secondary N) is 1. The average Bonchev–Trinajstić information content (AvgIpc) is 3.34. The molecular formula is C23H20FNO2S. The molecule has 4 rings (SSSR count). The molecule has 1 saturated carbocycles. The number of halogens is 1. The lowest BCUT2D eigenvalue weighted by molar-refractivity contribution is 0.0974. The van der Waals surface area contributed by atoms with Crippen LogP contribution in [-0.4, -0.2) is 11.7 Å². The number of amides is 1. The molecule has 0 aliphatic heterocycles. The summed E-state index contributed by atoms with van der Waals surface area (Å²) in [5.74, 6) is 0.115.